The number of hydrogen-bond acceptors (Lipinski definition) is 4. The first kappa shape index (κ1) is 15.1. The highest BCUT2D eigenvalue weighted by Gasteiger charge is 2.22. The second-order valence-corrected chi connectivity index (χ2v) is 4.16. The summed E-state index contributed by atoms with van der Waals surface area (Å²) in [6.45, 7) is 8.62. The van der Waals surface area contributed by atoms with Gasteiger partial charge in [0.15, 0.2) is 0 Å². The summed E-state index contributed by atoms with van der Waals surface area (Å²) >= 11 is 0. The molecule has 0 aliphatic heterocycles. The molecule has 0 saturated carbocycles. The maximum atomic E-state index is 12.0. The van der Waals surface area contributed by atoms with Crippen LogP contribution in [0, 0.1) is 0 Å². The van der Waals surface area contributed by atoms with Crippen LogP contribution in [-0.2, 0) is 11.2 Å². The van der Waals surface area contributed by atoms with Gasteiger partial charge in [0, 0.05) is 19.5 Å². The summed E-state index contributed by atoms with van der Waals surface area (Å²) in [7, 11) is 0. The van der Waals surface area contributed by atoms with E-state index in [0.29, 0.717) is 25.3 Å². The molecule has 0 aliphatic carbocycles. The van der Waals surface area contributed by atoms with Gasteiger partial charge in [-0.05, 0) is 20.8 Å². The van der Waals surface area contributed by atoms with Gasteiger partial charge in [-0.2, -0.15) is 0 Å². The van der Waals surface area contributed by atoms with E-state index in [4.69, 9.17) is 0 Å². The van der Waals surface area contributed by atoms with Gasteiger partial charge in [-0.3, -0.25) is 14.7 Å². The van der Waals surface area contributed by atoms with Crippen LogP contribution in [0.25, 0.3) is 0 Å². The average molecular weight is 267 g/mol. The molecule has 0 saturated heterocycles. The SMILES string of the molecule is CCc1nc(C(=O)NC(C)C(=O)N(CC)CC)n[nH]1. The molecule has 1 aromatic heterocycles. The lowest BCUT2D eigenvalue weighted by atomic mass is 10.2. The normalized spacial score (nSPS) is 12.0. The maximum absolute atomic E-state index is 12.0. The van der Waals surface area contributed by atoms with Crippen LogP contribution in [0.3, 0.4) is 0 Å². The van der Waals surface area contributed by atoms with E-state index in [1.165, 1.54) is 0 Å². The minimum Gasteiger partial charge on any atom is -0.341 e. The molecule has 1 rings (SSSR count). The van der Waals surface area contributed by atoms with Crippen molar-refractivity contribution in [3.8, 4) is 0 Å². The molecule has 0 fully saturated rings. The second-order valence-electron chi connectivity index (χ2n) is 4.16. The summed E-state index contributed by atoms with van der Waals surface area (Å²) < 4.78 is 0. The van der Waals surface area contributed by atoms with E-state index in [9.17, 15) is 9.59 Å². The zero-order valence-corrected chi connectivity index (χ0v) is 11.9. The highest BCUT2D eigenvalue weighted by Crippen LogP contribution is 1.98. The molecule has 1 unspecified atom stereocenters. The van der Waals surface area contributed by atoms with E-state index in [0.717, 1.165) is 0 Å². The molecule has 1 aromatic rings. The number of nitrogens with one attached hydrogen (secondary N) is 2. The predicted molar refractivity (Wildman–Crippen MR) is 70.6 cm³/mol. The second kappa shape index (κ2) is 6.86. The Bertz CT molecular complexity index is 439. The molecule has 1 atom stereocenters. The standard InChI is InChI=1S/C12H21N5O2/c1-5-9-14-10(16-15-9)11(18)13-8(4)12(19)17(6-2)7-3/h8H,5-7H2,1-4H3,(H,13,18)(H,14,15,16). The van der Waals surface area contributed by atoms with Crippen LogP contribution in [0.15, 0.2) is 0 Å². The van der Waals surface area contributed by atoms with Gasteiger partial charge in [0.25, 0.3) is 5.91 Å². The smallest absolute Gasteiger partial charge is 0.291 e. The van der Waals surface area contributed by atoms with Crippen molar-refractivity contribution in [1.29, 1.82) is 0 Å². The van der Waals surface area contributed by atoms with Crippen molar-refractivity contribution in [2.24, 2.45) is 0 Å². The first-order valence-electron chi connectivity index (χ1n) is 6.54. The third kappa shape index (κ3) is 3.77. The third-order valence-electron chi connectivity index (χ3n) is 2.86. The molecule has 19 heavy (non-hydrogen) atoms. The molecular formula is C12H21N5O2. The molecule has 7 heteroatoms. The van der Waals surface area contributed by atoms with Gasteiger partial charge in [-0.15, -0.1) is 5.10 Å². The Hall–Kier alpha value is -1.92. The topological polar surface area (TPSA) is 91.0 Å². The molecule has 106 valence electrons. The van der Waals surface area contributed by atoms with Gasteiger partial charge >= 0.3 is 0 Å². The minimum absolute atomic E-state index is 0.0658. The maximum Gasteiger partial charge on any atom is 0.291 e. The Morgan fingerprint density at radius 3 is 2.42 bits per heavy atom. The number of aromatic amines is 1. The van der Waals surface area contributed by atoms with E-state index in [2.05, 4.69) is 20.5 Å². The number of amides is 2. The summed E-state index contributed by atoms with van der Waals surface area (Å²) in [6.07, 6.45) is 0.675. The number of aromatic nitrogens is 3. The highest BCUT2D eigenvalue weighted by atomic mass is 16.2. The predicted octanol–water partition coefficient (Wildman–Crippen LogP) is 0.354. The zero-order chi connectivity index (χ0) is 14.4. The Labute approximate surface area is 112 Å². The summed E-state index contributed by atoms with van der Waals surface area (Å²) in [5, 5.41) is 9.09. The molecule has 1 heterocycles. The fraction of sp³-hybridized carbons (Fsp3) is 0.667. The van der Waals surface area contributed by atoms with Crippen molar-refractivity contribution in [2.45, 2.75) is 40.2 Å². The van der Waals surface area contributed by atoms with E-state index < -0.39 is 11.9 Å². The third-order valence-corrected chi connectivity index (χ3v) is 2.86. The van der Waals surface area contributed by atoms with Crippen LogP contribution in [-0.4, -0.2) is 51.0 Å². The number of rotatable bonds is 6. The Morgan fingerprint density at radius 1 is 1.32 bits per heavy atom. The summed E-state index contributed by atoms with van der Waals surface area (Å²) in [4.78, 5) is 29.5. The van der Waals surface area contributed by atoms with Crippen molar-refractivity contribution in [2.75, 3.05) is 13.1 Å². The molecule has 0 aromatic carbocycles. The van der Waals surface area contributed by atoms with E-state index in [-0.39, 0.29) is 11.7 Å². The number of aryl methyl sites for hydroxylation is 1. The van der Waals surface area contributed by atoms with Crippen LogP contribution < -0.4 is 5.32 Å². The van der Waals surface area contributed by atoms with Crippen LogP contribution in [0.1, 0.15) is 44.1 Å². The summed E-state index contributed by atoms with van der Waals surface area (Å²) in [5.74, 6) is 0.164. The lowest BCUT2D eigenvalue weighted by Gasteiger charge is -2.23. The molecular weight excluding hydrogens is 246 g/mol. The van der Waals surface area contributed by atoms with Crippen molar-refractivity contribution in [3.63, 3.8) is 0 Å². The number of likely N-dealkylation sites (N-methyl/N-ethyl adjacent to an activating group) is 1. The van der Waals surface area contributed by atoms with Crippen LogP contribution in [0.5, 0.6) is 0 Å². The van der Waals surface area contributed by atoms with E-state index in [1.807, 2.05) is 20.8 Å². The molecule has 0 radical (unpaired) electrons. The Morgan fingerprint density at radius 2 is 1.95 bits per heavy atom. The van der Waals surface area contributed by atoms with Gasteiger partial charge in [0.1, 0.15) is 11.9 Å². The first-order chi connectivity index (χ1) is 9.03. The number of nitrogens with zero attached hydrogens (tertiary/aromatic N) is 3. The van der Waals surface area contributed by atoms with Gasteiger partial charge in [0.2, 0.25) is 11.7 Å². The molecule has 0 bridgehead atoms. The Kier molecular flexibility index (Phi) is 5.47. The van der Waals surface area contributed by atoms with Gasteiger partial charge in [0.05, 0.1) is 0 Å². The number of carbonyl (C=O) groups excluding carboxylic acids is 2. The molecule has 0 aliphatic rings. The largest absolute Gasteiger partial charge is 0.341 e. The van der Waals surface area contributed by atoms with Gasteiger partial charge in [-0.25, -0.2) is 4.98 Å². The lowest BCUT2D eigenvalue weighted by molar-refractivity contribution is -0.132. The molecule has 2 amide bonds. The van der Waals surface area contributed by atoms with Gasteiger partial charge < -0.3 is 10.2 Å². The van der Waals surface area contributed by atoms with E-state index in [1.54, 1.807) is 11.8 Å². The zero-order valence-electron chi connectivity index (χ0n) is 11.9. The summed E-state index contributed by atoms with van der Waals surface area (Å²) in [6, 6.07) is -0.587. The van der Waals surface area contributed by atoms with Crippen LogP contribution >= 0.6 is 0 Å². The van der Waals surface area contributed by atoms with Crippen LogP contribution in [0.4, 0.5) is 0 Å². The number of H-pyrrole nitrogens is 1. The monoisotopic (exact) mass is 267 g/mol. The van der Waals surface area contributed by atoms with Crippen LogP contribution in [0.2, 0.25) is 0 Å². The molecule has 2 N–H and O–H groups in total. The van der Waals surface area contributed by atoms with Crippen molar-refractivity contribution in [3.05, 3.63) is 11.6 Å². The Balaban J connectivity index is 2.63. The van der Waals surface area contributed by atoms with Crippen molar-refractivity contribution >= 4 is 11.8 Å². The average Bonchev–Trinajstić information content (AvgIpc) is 2.88. The van der Waals surface area contributed by atoms with Gasteiger partial charge in [-0.1, -0.05) is 6.92 Å². The first-order valence-corrected chi connectivity index (χ1v) is 6.54. The van der Waals surface area contributed by atoms with E-state index >= 15 is 0 Å². The fourth-order valence-electron chi connectivity index (χ4n) is 1.69. The van der Waals surface area contributed by atoms with Crippen molar-refractivity contribution in [1.82, 2.24) is 25.4 Å². The molecule has 7 nitrogen and oxygen atoms in total. The summed E-state index contributed by atoms with van der Waals surface area (Å²) in [5.41, 5.74) is 0. The fourth-order valence-corrected chi connectivity index (χ4v) is 1.69. The molecule has 0 spiro atoms. The number of carbonyl (C=O) groups is 2. The quantitative estimate of drug-likeness (QED) is 0.778. The van der Waals surface area contributed by atoms with Crippen molar-refractivity contribution < 1.29 is 9.59 Å². The lowest BCUT2D eigenvalue weighted by Crippen LogP contribution is -2.47. The number of hydrogen-bond donors (Lipinski definition) is 2. The highest BCUT2D eigenvalue weighted by molar-refractivity contribution is 5.94. The minimum atomic E-state index is -0.587.